The van der Waals surface area contributed by atoms with E-state index in [0.717, 1.165) is 18.4 Å². The molecule has 2 aliphatic rings. The van der Waals surface area contributed by atoms with E-state index in [1.54, 1.807) is 17.0 Å². The fourth-order valence-electron chi connectivity index (χ4n) is 4.51. The fraction of sp³-hybridized carbons (Fsp3) is 0.655. The number of carbonyl (C=O) groups excluding carboxylic acids is 2. The topological polar surface area (TPSA) is 88.1 Å². The van der Waals surface area contributed by atoms with Gasteiger partial charge in [0, 0.05) is 49.2 Å². The maximum absolute atomic E-state index is 14.9. The van der Waals surface area contributed by atoms with Crippen LogP contribution in [0.25, 0.3) is 5.57 Å². The molecule has 1 aromatic carbocycles. The summed E-state index contributed by atoms with van der Waals surface area (Å²) in [4.78, 5) is 26.4. The lowest BCUT2D eigenvalue weighted by Gasteiger charge is -2.33. The Labute approximate surface area is 220 Å². The average molecular weight is 519 g/mol. The van der Waals surface area contributed by atoms with Crippen molar-refractivity contribution in [3.05, 3.63) is 35.7 Å². The zero-order valence-electron chi connectivity index (χ0n) is 22.9. The summed E-state index contributed by atoms with van der Waals surface area (Å²) in [5, 5.41) is 12.3. The molecule has 7 nitrogen and oxygen atoms in total. The van der Waals surface area contributed by atoms with Crippen molar-refractivity contribution in [1.82, 2.24) is 10.2 Å². The van der Waals surface area contributed by atoms with Crippen LogP contribution in [0.5, 0.6) is 5.75 Å². The van der Waals surface area contributed by atoms with Crippen LogP contribution in [0.1, 0.15) is 72.3 Å². The zero-order valence-corrected chi connectivity index (χ0v) is 22.9. The Morgan fingerprint density at radius 1 is 1.14 bits per heavy atom. The molecule has 2 N–H and O–H groups in total. The zero-order chi connectivity index (χ0) is 27.2. The van der Waals surface area contributed by atoms with Gasteiger partial charge in [0.1, 0.15) is 17.2 Å². The second kappa shape index (κ2) is 12.3. The van der Waals surface area contributed by atoms with Crippen LogP contribution in [-0.2, 0) is 9.53 Å². The van der Waals surface area contributed by atoms with Crippen LogP contribution in [0.15, 0.2) is 24.3 Å². The van der Waals surface area contributed by atoms with Gasteiger partial charge < -0.3 is 24.8 Å². The lowest BCUT2D eigenvalue weighted by atomic mass is 9.85. The van der Waals surface area contributed by atoms with E-state index in [1.165, 1.54) is 6.07 Å². The Hall–Kier alpha value is -2.61. The summed E-state index contributed by atoms with van der Waals surface area (Å²) in [5.41, 5.74) is 0.613. The first-order valence-electron chi connectivity index (χ1n) is 13.3. The summed E-state index contributed by atoms with van der Waals surface area (Å²) < 4.78 is 26.3. The van der Waals surface area contributed by atoms with E-state index in [9.17, 15) is 19.1 Å². The number of aliphatic hydroxyl groups is 1. The molecule has 1 aliphatic carbocycles. The van der Waals surface area contributed by atoms with Crippen molar-refractivity contribution in [2.24, 2.45) is 17.3 Å². The quantitative estimate of drug-likeness (QED) is 0.496. The largest absolute Gasteiger partial charge is 0.493 e. The van der Waals surface area contributed by atoms with Crippen LogP contribution >= 0.6 is 0 Å². The third kappa shape index (κ3) is 8.73. The van der Waals surface area contributed by atoms with Gasteiger partial charge in [-0.1, -0.05) is 19.9 Å². The van der Waals surface area contributed by atoms with E-state index >= 15 is 0 Å². The van der Waals surface area contributed by atoms with E-state index in [-0.39, 0.29) is 35.8 Å². The standard InChI is InChI=1S/C29H43FN2O5/c1-28(2,3)37-27(35)32-14-12-20(13-15-32)17-36-23-10-11-24(25(30)16-23)21-6-8-22(9-7-21)26(34)31-18-29(4,5)19-33/h6,10-11,16,20,22,33H,7-9,12-15,17-19H2,1-5H3,(H,31,34). The van der Waals surface area contributed by atoms with Crippen molar-refractivity contribution in [3.63, 3.8) is 0 Å². The van der Waals surface area contributed by atoms with Gasteiger partial charge in [-0.25, -0.2) is 9.18 Å². The number of allylic oxidation sites excluding steroid dienone is 2. The Morgan fingerprint density at radius 3 is 2.41 bits per heavy atom. The highest BCUT2D eigenvalue weighted by Crippen LogP contribution is 2.33. The number of hydrogen-bond acceptors (Lipinski definition) is 5. The van der Waals surface area contributed by atoms with Gasteiger partial charge in [0.05, 0.1) is 6.61 Å². The summed E-state index contributed by atoms with van der Waals surface area (Å²) >= 11 is 0. The number of amides is 2. The Balaban J connectivity index is 1.46. The predicted molar refractivity (Wildman–Crippen MR) is 142 cm³/mol. The number of rotatable bonds is 8. The Bertz CT molecular complexity index is 977. The molecule has 1 aliphatic heterocycles. The molecule has 37 heavy (non-hydrogen) atoms. The highest BCUT2D eigenvalue weighted by Gasteiger charge is 2.28. The van der Waals surface area contributed by atoms with Crippen LogP contribution in [0.2, 0.25) is 0 Å². The number of likely N-dealkylation sites (tertiary alicyclic amines) is 1. The molecule has 0 spiro atoms. The SMILES string of the molecule is CC(C)(CO)CNC(=O)C1CC=C(c2ccc(OCC3CCN(C(=O)OC(C)(C)C)CC3)cc2F)CC1. The number of halogens is 1. The minimum absolute atomic E-state index is 0.00828. The number of ether oxygens (including phenoxy) is 2. The summed E-state index contributed by atoms with van der Waals surface area (Å²) in [6, 6.07) is 4.98. The van der Waals surface area contributed by atoms with Gasteiger partial charge >= 0.3 is 6.09 Å². The average Bonchev–Trinajstić information content (AvgIpc) is 2.85. The van der Waals surface area contributed by atoms with Crippen LogP contribution in [-0.4, -0.2) is 60.5 Å². The van der Waals surface area contributed by atoms with Gasteiger partial charge in [-0.2, -0.15) is 0 Å². The molecule has 206 valence electrons. The molecular weight excluding hydrogens is 475 g/mol. The number of nitrogens with zero attached hydrogens (tertiary/aromatic N) is 1. The van der Waals surface area contributed by atoms with Crippen molar-refractivity contribution in [3.8, 4) is 5.75 Å². The number of aliphatic hydroxyl groups excluding tert-OH is 1. The molecule has 0 bridgehead atoms. The monoisotopic (exact) mass is 518 g/mol. The van der Waals surface area contributed by atoms with Crippen molar-refractivity contribution in [2.45, 2.75) is 72.3 Å². The van der Waals surface area contributed by atoms with E-state index in [1.807, 2.05) is 40.7 Å². The highest BCUT2D eigenvalue weighted by atomic mass is 19.1. The third-order valence-electron chi connectivity index (χ3n) is 6.99. The smallest absolute Gasteiger partial charge is 0.410 e. The molecule has 2 amide bonds. The molecule has 1 aromatic rings. The minimum Gasteiger partial charge on any atom is -0.493 e. The Morgan fingerprint density at radius 2 is 1.84 bits per heavy atom. The van der Waals surface area contributed by atoms with Gasteiger partial charge in [-0.15, -0.1) is 0 Å². The predicted octanol–water partition coefficient (Wildman–Crippen LogP) is 5.17. The molecule has 0 radical (unpaired) electrons. The second-order valence-electron chi connectivity index (χ2n) is 12.1. The maximum Gasteiger partial charge on any atom is 0.410 e. The number of benzene rings is 1. The number of nitrogens with one attached hydrogen (secondary N) is 1. The first-order valence-corrected chi connectivity index (χ1v) is 13.3. The first kappa shape index (κ1) is 29.0. The van der Waals surface area contributed by atoms with Crippen molar-refractivity contribution >= 4 is 17.6 Å². The van der Waals surface area contributed by atoms with Gasteiger partial charge in [-0.05, 0) is 76.5 Å². The van der Waals surface area contributed by atoms with Crippen LogP contribution < -0.4 is 10.1 Å². The van der Waals surface area contributed by atoms with Crippen molar-refractivity contribution in [2.75, 3.05) is 32.8 Å². The molecule has 1 saturated heterocycles. The van der Waals surface area contributed by atoms with Crippen molar-refractivity contribution < 1.29 is 28.6 Å². The van der Waals surface area contributed by atoms with Gasteiger partial charge in [0.15, 0.2) is 0 Å². The molecule has 0 aromatic heterocycles. The van der Waals surface area contributed by atoms with Gasteiger partial charge in [-0.3, -0.25) is 4.79 Å². The molecule has 1 heterocycles. The van der Waals surface area contributed by atoms with Crippen LogP contribution in [0, 0.1) is 23.1 Å². The summed E-state index contributed by atoms with van der Waals surface area (Å²) in [6.45, 7) is 11.5. The van der Waals surface area contributed by atoms with Crippen LogP contribution in [0.3, 0.4) is 0 Å². The first-order chi connectivity index (χ1) is 17.4. The molecule has 0 saturated carbocycles. The molecule has 1 unspecified atom stereocenters. The van der Waals surface area contributed by atoms with Gasteiger partial charge in [0.2, 0.25) is 5.91 Å². The highest BCUT2D eigenvalue weighted by molar-refractivity contribution is 5.80. The lowest BCUT2D eigenvalue weighted by Crippen LogP contribution is -2.42. The van der Waals surface area contributed by atoms with Crippen molar-refractivity contribution in [1.29, 1.82) is 0 Å². The number of carbonyl (C=O) groups is 2. The Kier molecular flexibility index (Phi) is 9.62. The van der Waals surface area contributed by atoms with E-state index in [4.69, 9.17) is 9.47 Å². The maximum atomic E-state index is 14.9. The normalized spacial score (nSPS) is 19.3. The molecule has 1 fully saturated rings. The van der Waals surface area contributed by atoms with Gasteiger partial charge in [0.25, 0.3) is 0 Å². The molecule has 3 rings (SSSR count). The minimum atomic E-state index is -0.505. The second-order valence-corrected chi connectivity index (χ2v) is 12.1. The summed E-state index contributed by atoms with van der Waals surface area (Å²) in [6.07, 6.45) is 5.19. The third-order valence-corrected chi connectivity index (χ3v) is 6.99. The summed E-state index contributed by atoms with van der Waals surface area (Å²) in [7, 11) is 0. The molecule has 8 heteroatoms. The van der Waals surface area contributed by atoms with E-state index in [2.05, 4.69) is 5.32 Å². The lowest BCUT2D eigenvalue weighted by molar-refractivity contribution is -0.125. The fourth-order valence-corrected chi connectivity index (χ4v) is 4.51. The molecule has 1 atom stereocenters. The number of hydrogen-bond donors (Lipinski definition) is 2. The number of piperidine rings is 1. The van der Waals surface area contributed by atoms with Crippen LogP contribution in [0.4, 0.5) is 9.18 Å². The van der Waals surface area contributed by atoms with E-state index < -0.39 is 5.60 Å². The summed E-state index contributed by atoms with van der Waals surface area (Å²) in [5.74, 6) is 0.323. The van der Waals surface area contributed by atoms with E-state index in [0.29, 0.717) is 62.7 Å². The molecular formula is C29H43FN2O5.